The number of carbonyl (C=O) groups is 1. The smallest absolute Gasteiger partial charge is 0.224 e. The van der Waals surface area contributed by atoms with Gasteiger partial charge < -0.3 is 14.8 Å². The van der Waals surface area contributed by atoms with Crippen molar-refractivity contribution in [3.8, 4) is 0 Å². The number of rotatable bonds is 5. The lowest BCUT2D eigenvalue weighted by molar-refractivity contribution is -0.121. The van der Waals surface area contributed by atoms with E-state index in [1.165, 1.54) is 6.26 Å². The van der Waals surface area contributed by atoms with E-state index in [2.05, 4.69) is 21.2 Å². The summed E-state index contributed by atoms with van der Waals surface area (Å²) in [6.07, 6.45) is 1.76. The summed E-state index contributed by atoms with van der Waals surface area (Å²) in [5.41, 5.74) is -0.300. The Morgan fingerprint density at radius 2 is 2.20 bits per heavy atom. The summed E-state index contributed by atoms with van der Waals surface area (Å²) >= 11 is 3.36. The van der Waals surface area contributed by atoms with Crippen LogP contribution in [0.25, 0.3) is 0 Å². The van der Waals surface area contributed by atoms with Crippen LogP contribution in [0.5, 0.6) is 0 Å². The van der Waals surface area contributed by atoms with Crippen LogP contribution >= 0.6 is 15.9 Å². The third-order valence-corrected chi connectivity index (χ3v) is 3.43. The second kappa shape index (κ2) is 6.24. The van der Waals surface area contributed by atoms with Crippen LogP contribution in [0.3, 0.4) is 0 Å². The van der Waals surface area contributed by atoms with Gasteiger partial charge in [-0.3, -0.25) is 4.79 Å². The van der Waals surface area contributed by atoms with Gasteiger partial charge in [0, 0.05) is 4.47 Å². The fourth-order valence-electron chi connectivity index (χ4n) is 1.84. The maximum absolute atomic E-state index is 11.9. The van der Waals surface area contributed by atoms with Crippen LogP contribution in [-0.2, 0) is 16.8 Å². The first-order chi connectivity index (χ1) is 9.47. The van der Waals surface area contributed by atoms with Crippen LogP contribution < -0.4 is 5.32 Å². The van der Waals surface area contributed by atoms with Crippen molar-refractivity contribution in [3.05, 3.63) is 58.5 Å². The summed E-state index contributed by atoms with van der Waals surface area (Å²) < 4.78 is 6.09. The van der Waals surface area contributed by atoms with Crippen molar-refractivity contribution in [2.24, 2.45) is 0 Å². The zero-order valence-electron chi connectivity index (χ0n) is 11.1. The van der Waals surface area contributed by atoms with Gasteiger partial charge in [0.1, 0.15) is 11.4 Å². The lowest BCUT2D eigenvalue weighted by Gasteiger charge is -2.21. The molecule has 0 fully saturated rings. The predicted molar refractivity (Wildman–Crippen MR) is 79.1 cm³/mol. The molecule has 0 bridgehead atoms. The van der Waals surface area contributed by atoms with Crippen LogP contribution in [0.15, 0.2) is 51.6 Å². The highest BCUT2D eigenvalue weighted by atomic mass is 79.9. The summed E-state index contributed by atoms with van der Waals surface area (Å²) in [5.74, 6) is 0.287. The number of halogens is 1. The summed E-state index contributed by atoms with van der Waals surface area (Å²) in [5, 5.41) is 12.9. The van der Waals surface area contributed by atoms with Gasteiger partial charge in [0.2, 0.25) is 5.91 Å². The van der Waals surface area contributed by atoms with Gasteiger partial charge in [0.25, 0.3) is 0 Å². The normalized spacial score (nSPS) is 13.8. The number of benzene rings is 1. The number of furan rings is 1. The number of hydrogen-bond donors (Lipinski definition) is 2. The Labute approximate surface area is 125 Å². The lowest BCUT2D eigenvalue weighted by Crippen LogP contribution is -2.39. The first kappa shape index (κ1) is 14.8. The first-order valence-electron chi connectivity index (χ1n) is 6.25. The molecule has 1 unspecified atom stereocenters. The minimum atomic E-state index is -1.21. The van der Waals surface area contributed by atoms with E-state index in [4.69, 9.17) is 4.42 Å². The number of aliphatic hydroxyl groups is 1. The predicted octanol–water partition coefficient (Wildman–Crippen LogP) is 2.61. The Kier molecular flexibility index (Phi) is 4.62. The molecule has 1 aromatic heterocycles. The number of amides is 1. The topological polar surface area (TPSA) is 62.5 Å². The maximum Gasteiger partial charge on any atom is 0.224 e. The van der Waals surface area contributed by atoms with E-state index in [0.717, 1.165) is 10.0 Å². The molecule has 0 spiro atoms. The SMILES string of the molecule is CC(O)(CNC(=O)Cc1cccc(Br)c1)c1ccco1. The second-order valence-corrected chi connectivity index (χ2v) is 5.75. The first-order valence-corrected chi connectivity index (χ1v) is 7.04. The van der Waals surface area contributed by atoms with Crippen molar-refractivity contribution >= 4 is 21.8 Å². The fraction of sp³-hybridized carbons (Fsp3) is 0.267. The van der Waals surface area contributed by atoms with Gasteiger partial charge in [-0.1, -0.05) is 28.1 Å². The molecule has 1 aromatic carbocycles. The quantitative estimate of drug-likeness (QED) is 0.881. The molecule has 0 aliphatic heterocycles. The summed E-state index contributed by atoms with van der Waals surface area (Å²) in [6, 6.07) is 10.9. The van der Waals surface area contributed by atoms with E-state index >= 15 is 0 Å². The maximum atomic E-state index is 11.9. The van der Waals surface area contributed by atoms with E-state index in [9.17, 15) is 9.90 Å². The Balaban J connectivity index is 1.89. The molecular formula is C15H16BrNO3. The van der Waals surface area contributed by atoms with Gasteiger partial charge in [0.05, 0.1) is 19.2 Å². The van der Waals surface area contributed by atoms with E-state index < -0.39 is 5.60 Å². The van der Waals surface area contributed by atoms with Crippen LogP contribution in [0.2, 0.25) is 0 Å². The zero-order chi connectivity index (χ0) is 14.6. The molecule has 1 heterocycles. The van der Waals surface area contributed by atoms with Crippen molar-refractivity contribution in [2.75, 3.05) is 6.54 Å². The highest BCUT2D eigenvalue weighted by Crippen LogP contribution is 2.19. The van der Waals surface area contributed by atoms with Crippen LogP contribution in [0.4, 0.5) is 0 Å². The molecule has 4 nitrogen and oxygen atoms in total. The Morgan fingerprint density at radius 3 is 2.85 bits per heavy atom. The fourth-order valence-corrected chi connectivity index (χ4v) is 2.28. The van der Waals surface area contributed by atoms with Gasteiger partial charge in [0.15, 0.2) is 0 Å². The molecule has 20 heavy (non-hydrogen) atoms. The third-order valence-electron chi connectivity index (χ3n) is 2.94. The van der Waals surface area contributed by atoms with Gasteiger partial charge in [-0.2, -0.15) is 0 Å². The van der Waals surface area contributed by atoms with E-state index in [1.807, 2.05) is 24.3 Å². The molecule has 2 rings (SSSR count). The summed E-state index contributed by atoms with van der Waals surface area (Å²) in [6.45, 7) is 1.71. The molecular weight excluding hydrogens is 322 g/mol. The minimum absolute atomic E-state index is 0.105. The standard InChI is InChI=1S/C15H16BrNO3/c1-15(19,13-6-3-7-20-13)10-17-14(18)9-11-4-2-5-12(16)8-11/h2-8,19H,9-10H2,1H3,(H,17,18). The summed E-state index contributed by atoms with van der Waals surface area (Å²) in [7, 11) is 0. The van der Waals surface area contributed by atoms with Gasteiger partial charge in [-0.15, -0.1) is 0 Å². The number of carbonyl (C=O) groups excluding carboxylic acids is 1. The Morgan fingerprint density at radius 1 is 1.40 bits per heavy atom. The third kappa shape index (κ3) is 3.95. The highest BCUT2D eigenvalue weighted by Gasteiger charge is 2.26. The van der Waals surface area contributed by atoms with E-state index in [0.29, 0.717) is 5.76 Å². The van der Waals surface area contributed by atoms with Crippen LogP contribution in [-0.4, -0.2) is 17.6 Å². The monoisotopic (exact) mass is 337 g/mol. The molecule has 2 N–H and O–H groups in total. The van der Waals surface area contributed by atoms with Crippen LogP contribution in [0.1, 0.15) is 18.2 Å². The number of hydrogen-bond acceptors (Lipinski definition) is 3. The number of nitrogens with one attached hydrogen (secondary N) is 1. The van der Waals surface area contributed by atoms with Crippen molar-refractivity contribution in [1.29, 1.82) is 0 Å². The molecule has 1 amide bonds. The van der Waals surface area contributed by atoms with E-state index in [-0.39, 0.29) is 18.9 Å². The van der Waals surface area contributed by atoms with Gasteiger partial charge in [-0.25, -0.2) is 0 Å². The lowest BCUT2D eigenvalue weighted by atomic mass is 10.0. The molecule has 0 aliphatic carbocycles. The van der Waals surface area contributed by atoms with Crippen molar-refractivity contribution in [1.82, 2.24) is 5.32 Å². The average molecular weight is 338 g/mol. The molecule has 0 saturated carbocycles. The van der Waals surface area contributed by atoms with Crippen LogP contribution in [0, 0.1) is 0 Å². The average Bonchev–Trinajstić information content (AvgIpc) is 2.91. The molecule has 2 aromatic rings. The van der Waals surface area contributed by atoms with E-state index in [1.54, 1.807) is 19.1 Å². The molecule has 5 heteroatoms. The Hall–Kier alpha value is -1.59. The Bertz CT molecular complexity index is 579. The molecule has 0 saturated heterocycles. The van der Waals surface area contributed by atoms with Crippen molar-refractivity contribution < 1.29 is 14.3 Å². The molecule has 0 radical (unpaired) electrons. The van der Waals surface area contributed by atoms with Crippen molar-refractivity contribution in [2.45, 2.75) is 18.9 Å². The molecule has 1 atom stereocenters. The van der Waals surface area contributed by atoms with Gasteiger partial charge >= 0.3 is 0 Å². The van der Waals surface area contributed by atoms with Gasteiger partial charge in [-0.05, 0) is 36.8 Å². The van der Waals surface area contributed by atoms with Crippen molar-refractivity contribution in [3.63, 3.8) is 0 Å². The molecule has 106 valence electrons. The highest BCUT2D eigenvalue weighted by molar-refractivity contribution is 9.10. The summed E-state index contributed by atoms with van der Waals surface area (Å²) in [4.78, 5) is 11.9. The molecule has 0 aliphatic rings. The zero-order valence-corrected chi connectivity index (χ0v) is 12.7. The largest absolute Gasteiger partial charge is 0.466 e. The second-order valence-electron chi connectivity index (χ2n) is 4.83. The minimum Gasteiger partial charge on any atom is -0.466 e.